The number of hydrogen-bond donors (Lipinski definition) is 3. The maximum Gasteiger partial charge on any atom is 0.354 e. The highest BCUT2D eigenvalue weighted by atomic mass is 16.5. The molecule has 1 unspecified atom stereocenters. The van der Waals surface area contributed by atoms with Crippen molar-refractivity contribution in [2.24, 2.45) is 5.73 Å². The fraction of sp³-hybridized carbons (Fsp3) is 0.333. The number of nitrogens with two attached hydrogens (primary N) is 1. The maximum absolute atomic E-state index is 11.3. The lowest BCUT2D eigenvalue weighted by atomic mass is 10.2. The first kappa shape index (κ1) is 14.1. The van der Waals surface area contributed by atoms with Gasteiger partial charge >= 0.3 is 5.97 Å². The van der Waals surface area contributed by atoms with E-state index in [1.165, 1.54) is 6.92 Å². The molecular weight excluding hydrogens is 236 g/mol. The molecule has 6 nitrogen and oxygen atoms in total. The number of benzene rings is 1. The predicted octanol–water partition coefficient (Wildman–Crippen LogP) is 0.0773. The molecule has 0 aliphatic carbocycles. The first-order valence-electron chi connectivity index (χ1n) is 5.45. The predicted molar refractivity (Wildman–Crippen MR) is 64.4 cm³/mol. The van der Waals surface area contributed by atoms with Crippen LogP contribution in [0.1, 0.15) is 12.5 Å². The van der Waals surface area contributed by atoms with E-state index in [0.29, 0.717) is 0 Å². The highest BCUT2D eigenvalue weighted by molar-refractivity contribution is 5.85. The first-order chi connectivity index (χ1) is 8.50. The van der Waals surface area contributed by atoms with Crippen LogP contribution < -0.4 is 11.1 Å². The van der Waals surface area contributed by atoms with E-state index in [9.17, 15) is 9.59 Å². The van der Waals surface area contributed by atoms with Gasteiger partial charge in [0, 0.05) is 0 Å². The van der Waals surface area contributed by atoms with Crippen LogP contribution in [0, 0.1) is 0 Å². The Morgan fingerprint density at radius 3 is 2.50 bits per heavy atom. The second-order valence-corrected chi connectivity index (χ2v) is 3.81. The number of carbonyl (C=O) groups excluding carboxylic acids is 1. The monoisotopic (exact) mass is 252 g/mol. The normalized spacial score (nSPS) is 13.7. The standard InChI is InChI=1S/C12H16N2O4/c1-8(13)10(15)14-11(12(16)17)18-7-9-5-3-2-4-6-9/h2-6,8,11H,7,13H2,1H3,(H,14,15)(H,16,17)/t8-,11?/m0/s1. The number of ether oxygens (including phenoxy) is 1. The summed E-state index contributed by atoms with van der Waals surface area (Å²) in [5.41, 5.74) is 6.15. The zero-order valence-electron chi connectivity index (χ0n) is 10.00. The van der Waals surface area contributed by atoms with Crippen molar-refractivity contribution >= 4 is 11.9 Å². The Hall–Kier alpha value is -1.92. The fourth-order valence-electron chi connectivity index (χ4n) is 1.19. The molecule has 0 bridgehead atoms. The van der Waals surface area contributed by atoms with Gasteiger partial charge in [-0.25, -0.2) is 4.79 Å². The molecule has 0 aliphatic rings. The van der Waals surface area contributed by atoms with Crippen LogP contribution >= 0.6 is 0 Å². The van der Waals surface area contributed by atoms with Gasteiger partial charge in [-0.2, -0.15) is 0 Å². The molecule has 6 heteroatoms. The minimum Gasteiger partial charge on any atom is -0.478 e. The third-order valence-corrected chi connectivity index (χ3v) is 2.17. The van der Waals surface area contributed by atoms with Crippen LogP contribution in [0.15, 0.2) is 30.3 Å². The zero-order valence-corrected chi connectivity index (χ0v) is 10.00. The Balaban J connectivity index is 2.54. The third-order valence-electron chi connectivity index (χ3n) is 2.17. The van der Waals surface area contributed by atoms with Crippen LogP contribution in [0.2, 0.25) is 0 Å². The Kier molecular flexibility index (Phi) is 5.29. The largest absolute Gasteiger partial charge is 0.478 e. The lowest BCUT2D eigenvalue weighted by molar-refractivity contribution is -0.157. The summed E-state index contributed by atoms with van der Waals surface area (Å²) in [4.78, 5) is 22.2. The Morgan fingerprint density at radius 1 is 1.39 bits per heavy atom. The molecule has 0 fully saturated rings. The molecule has 1 rings (SSSR count). The molecule has 0 saturated carbocycles. The van der Waals surface area contributed by atoms with Crippen LogP contribution in [0.25, 0.3) is 0 Å². The number of carboxylic acid groups (broad SMARTS) is 1. The van der Waals surface area contributed by atoms with Gasteiger partial charge in [0.25, 0.3) is 0 Å². The molecule has 18 heavy (non-hydrogen) atoms. The minimum atomic E-state index is -1.40. The average molecular weight is 252 g/mol. The summed E-state index contributed by atoms with van der Waals surface area (Å²) < 4.78 is 5.12. The number of hydrogen-bond acceptors (Lipinski definition) is 4. The Morgan fingerprint density at radius 2 is 2.00 bits per heavy atom. The van der Waals surface area contributed by atoms with Gasteiger partial charge in [0.15, 0.2) is 0 Å². The van der Waals surface area contributed by atoms with Gasteiger partial charge in [-0.15, -0.1) is 0 Å². The second kappa shape index (κ2) is 6.73. The fourth-order valence-corrected chi connectivity index (χ4v) is 1.19. The minimum absolute atomic E-state index is 0.0943. The van der Waals surface area contributed by atoms with E-state index in [1.807, 2.05) is 18.2 Å². The highest BCUT2D eigenvalue weighted by Crippen LogP contribution is 2.02. The summed E-state index contributed by atoms with van der Waals surface area (Å²) >= 11 is 0. The summed E-state index contributed by atoms with van der Waals surface area (Å²) in [6.07, 6.45) is -1.40. The van der Waals surface area contributed by atoms with Crippen LogP contribution in [0.3, 0.4) is 0 Å². The number of rotatable bonds is 6. The molecule has 0 aliphatic heterocycles. The molecule has 0 aromatic heterocycles. The van der Waals surface area contributed by atoms with Gasteiger partial charge in [0.05, 0.1) is 12.6 Å². The van der Waals surface area contributed by atoms with E-state index in [4.69, 9.17) is 15.6 Å². The van der Waals surface area contributed by atoms with Gasteiger partial charge in [0.1, 0.15) is 0 Å². The maximum atomic E-state index is 11.3. The number of carboxylic acids is 1. The van der Waals surface area contributed by atoms with Crippen molar-refractivity contribution in [1.29, 1.82) is 0 Å². The molecule has 1 aromatic carbocycles. The summed E-state index contributed by atoms with van der Waals surface area (Å²) in [6, 6.07) is 8.28. The van der Waals surface area contributed by atoms with E-state index < -0.39 is 24.1 Å². The molecule has 0 heterocycles. The van der Waals surface area contributed by atoms with E-state index in [0.717, 1.165) is 5.56 Å². The molecule has 98 valence electrons. The zero-order chi connectivity index (χ0) is 13.5. The smallest absolute Gasteiger partial charge is 0.354 e. The second-order valence-electron chi connectivity index (χ2n) is 3.81. The van der Waals surface area contributed by atoms with E-state index in [-0.39, 0.29) is 6.61 Å². The molecule has 1 aromatic rings. The summed E-state index contributed by atoms with van der Waals surface area (Å²) in [7, 11) is 0. The average Bonchev–Trinajstić information content (AvgIpc) is 2.34. The van der Waals surface area contributed by atoms with Crippen LogP contribution in [0.4, 0.5) is 0 Å². The molecular formula is C12H16N2O4. The molecule has 2 atom stereocenters. The van der Waals surface area contributed by atoms with Crippen LogP contribution in [0.5, 0.6) is 0 Å². The van der Waals surface area contributed by atoms with Crippen LogP contribution in [-0.2, 0) is 20.9 Å². The molecule has 1 amide bonds. The first-order valence-corrected chi connectivity index (χ1v) is 5.45. The SMILES string of the molecule is C[C@H](N)C(=O)NC(OCc1ccccc1)C(=O)O. The summed E-state index contributed by atoms with van der Waals surface area (Å²) in [6.45, 7) is 1.56. The molecule has 0 saturated heterocycles. The van der Waals surface area contributed by atoms with Crippen molar-refractivity contribution in [2.45, 2.75) is 25.8 Å². The lowest BCUT2D eigenvalue weighted by Crippen LogP contribution is -2.48. The van der Waals surface area contributed by atoms with Crippen molar-refractivity contribution in [2.75, 3.05) is 0 Å². The quantitative estimate of drug-likeness (QED) is 0.622. The van der Waals surface area contributed by atoms with Crippen molar-refractivity contribution < 1.29 is 19.4 Å². The lowest BCUT2D eigenvalue weighted by Gasteiger charge is -2.16. The Labute approximate surface area is 105 Å². The van der Waals surface area contributed by atoms with Gasteiger partial charge in [-0.05, 0) is 12.5 Å². The summed E-state index contributed by atoms with van der Waals surface area (Å²) in [5.74, 6) is -1.84. The number of aliphatic carboxylic acids is 1. The van der Waals surface area contributed by atoms with Crippen molar-refractivity contribution in [3.8, 4) is 0 Å². The van der Waals surface area contributed by atoms with Crippen molar-refractivity contribution in [3.05, 3.63) is 35.9 Å². The van der Waals surface area contributed by atoms with Gasteiger partial charge in [-0.1, -0.05) is 30.3 Å². The molecule has 0 radical (unpaired) electrons. The topological polar surface area (TPSA) is 102 Å². The number of amides is 1. The summed E-state index contributed by atoms with van der Waals surface area (Å²) in [5, 5.41) is 11.1. The molecule has 0 spiro atoms. The van der Waals surface area contributed by atoms with E-state index in [2.05, 4.69) is 5.32 Å². The van der Waals surface area contributed by atoms with Crippen LogP contribution in [-0.4, -0.2) is 29.3 Å². The van der Waals surface area contributed by atoms with Gasteiger partial charge < -0.3 is 20.9 Å². The number of carbonyl (C=O) groups is 2. The van der Waals surface area contributed by atoms with Crippen molar-refractivity contribution in [1.82, 2.24) is 5.32 Å². The van der Waals surface area contributed by atoms with Gasteiger partial charge in [0.2, 0.25) is 12.1 Å². The molecule has 4 N–H and O–H groups in total. The van der Waals surface area contributed by atoms with Crippen molar-refractivity contribution in [3.63, 3.8) is 0 Å². The van der Waals surface area contributed by atoms with E-state index >= 15 is 0 Å². The highest BCUT2D eigenvalue weighted by Gasteiger charge is 2.21. The third kappa shape index (κ3) is 4.52. The Bertz CT molecular complexity index is 406. The van der Waals surface area contributed by atoms with Gasteiger partial charge in [-0.3, -0.25) is 4.79 Å². The number of nitrogens with one attached hydrogen (secondary N) is 1. The van der Waals surface area contributed by atoms with E-state index in [1.54, 1.807) is 12.1 Å².